The molecule has 0 spiro atoms. The Morgan fingerprint density at radius 2 is 1.97 bits per heavy atom. The minimum atomic E-state index is -2.57. The van der Waals surface area contributed by atoms with Gasteiger partial charge in [0.15, 0.2) is 5.82 Å². The van der Waals surface area contributed by atoms with E-state index in [0.29, 0.717) is 25.9 Å². The number of likely N-dealkylation sites (tertiary alicyclic amines) is 1. The lowest BCUT2D eigenvalue weighted by atomic mass is 9.81. The fourth-order valence-corrected chi connectivity index (χ4v) is 4.28. The Hall–Kier alpha value is -2.54. The number of hydrogen-bond acceptors (Lipinski definition) is 5. The van der Waals surface area contributed by atoms with Crippen LogP contribution in [0.3, 0.4) is 0 Å². The molecule has 1 aromatic rings. The monoisotopic (exact) mass is 406 g/mol. The van der Waals surface area contributed by atoms with E-state index in [1.54, 1.807) is 4.68 Å². The third-order valence-corrected chi connectivity index (χ3v) is 6.38. The fourth-order valence-electron chi connectivity index (χ4n) is 4.28. The van der Waals surface area contributed by atoms with Gasteiger partial charge in [-0.15, -0.1) is 0 Å². The van der Waals surface area contributed by atoms with Crippen molar-refractivity contribution in [3.8, 4) is 6.07 Å². The highest BCUT2D eigenvalue weighted by molar-refractivity contribution is 6.02. The molecule has 29 heavy (non-hydrogen) atoms. The molecule has 0 bridgehead atoms. The van der Waals surface area contributed by atoms with Gasteiger partial charge in [-0.05, 0) is 25.7 Å². The number of carbonyl (C=O) groups excluding carboxylic acids is 2. The second kappa shape index (κ2) is 7.06. The van der Waals surface area contributed by atoms with Crippen LogP contribution in [0.4, 0.5) is 14.6 Å². The van der Waals surface area contributed by atoms with E-state index in [9.17, 15) is 23.6 Å². The molecule has 156 valence electrons. The molecule has 3 N–H and O–H groups in total. The number of aromatic nitrogens is 2. The summed E-state index contributed by atoms with van der Waals surface area (Å²) in [5.74, 6) is -3.40. The van der Waals surface area contributed by atoms with Crippen LogP contribution in [0, 0.1) is 17.2 Å². The number of nitrogens with zero attached hydrogens (tertiary/aromatic N) is 4. The molecule has 3 fully saturated rings. The molecule has 1 aromatic heterocycles. The highest BCUT2D eigenvalue weighted by atomic mass is 19.3. The minimum Gasteiger partial charge on any atom is -0.365 e. The van der Waals surface area contributed by atoms with Crippen molar-refractivity contribution in [3.63, 3.8) is 0 Å². The van der Waals surface area contributed by atoms with Crippen LogP contribution in [-0.2, 0) is 10.3 Å². The van der Waals surface area contributed by atoms with Gasteiger partial charge in [-0.3, -0.25) is 19.2 Å². The zero-order valence-electron chi connectivity index (χ0n) is 16.0. The number of amides is 2. The number of hydrogen-bond donors (Lipinski definition) is 2. The SMILES string of the molecule is N#CCC1(n2cc(C(N)=O)c(NC(=O)C3CC3)n2)CCN(C2CC(F)(F)C2)CC1. The van der Waals surface area contributed by atoms with Gasteiger partial charge in [0.2, 0.25) is 5.91 Å². The first-order valence-electron chi connectivity index (χ1n) is 9.93. The van der Waals surface area contributed by atoms with E-state index in [0.717, 1.165) is 12.8 Å². The van der Waals surface area contributed by atoms with Gasteiger partial charge in [-0.2, -0.15) is 10.4 Å². The van der Waals surface area contributed by atoms with Crippen LogP contribution in [0.2, 0.25) is 0 Å². The molecule has 2 heterocycles. The third kappa shape index (κ3) is 3.83. The average molecular weight is 406 g/mol. The highest BCUT2D eigenvalue weighted by Gasteiger charge is 2.50. The normalized spacial score (nSPS) is 23.8. The van der Waals surface area contributed by atoms with Crippen molar-refractivity contribution in [2.24, 2.45) is 11.7 Å². The molecule has 3 aliphatic rings. The Labute approximate surface area is 167 Å². The van der Waals surface area contributed by atoms with E-state index < -0.39 is 17.4 Å². The summed E-state index contributed by atoms with van der Waals surface area (Å²) < 4.78 is 28.0. The van der Waals surface area contributed by atoms with Crippen LogP contribution in [0.25, 0.3) is 0 Å². The molecule has 2 aliphatic carbocycles. The van der Waals surface area contributed by atoms with Crippen LogP contribution < -0.4 is 11.1 Å². The highest BCUT2D eigenvalue weighted by Crippen LogP contribution is 2.43. The van der Waals surface area contributed by atoms with Crippen LogP contribution in [0.1, 0.15) is 55.3 Å². The summed E-state index contributed by atoms with van der Waals surface area (Å²) >= 11 is 0. The second-order valence-corrected chi connectivity index (χ2v) is 8.48. The molecule has 2 amide bonds. The summed E-state index contributed by atoms with van der Waals surface area (Å²) in [4.78, 5) is 26.0. The first kappa shape index (κ1) is 19.8. The van der Waals surface area contributed by atoms with Crippen molar-refractivity contribution >= 4 is 17.6 Å². The molecule has 4 rings (SSSR count). The van der Waals surface area contributed by atoms with Crippen molar-refractivity contribution in [1.29, 1.82) is 5.26 Å². The van der Waals surface area contributed by atoms with Gasteiger partial charge in [0.05, 0.1) is 18.0 Å². The number of nitrogens with two attached hydrogens (primary N) is 1. The maximum atomic E-state index is 13.2. The Balaban J connectivity index is 1.53. The van der Waals surface area contributed by atoms with Gasteiger partial charge in [0.25, 0.3) is 11.8 Å². The molecule has 1 saturated heterocycles. The van der Waals surface area contributed by atoms with E-state index in [1.807, 2.05) is 4.90 Å². The first-order valence-corrected chi connectivity index (χ1v) is 9.93. The Morgan fingerprint density at radius 3 is 2.48 bits per heavy atom. The van der Waals surface area contributed by atoms with E-state index in [2.05, 4.69) is 16.5 Å². The second-order valence-electron chi connectivity index (χ2n) is 8.48. The summed E-state index contributed by atoms with van der Waals surface area (Å²) in [5, 5.41) is 16.5. The third-order valence-electron chi connectivity index (χ3n) is 6.38. The number of carbonyl (C=O) groups is 2. The zero-order valence-corrected chi connectivity index (χ0v) is 16.0. The number of anilines is 1. The summed E-state index contributed by atoms with van der Waals surface area (Å²) in [6.07, 6.45) is 4.12. The Kier molecular flexibility index (Phi) is 4.81. The molecular weight excluding hydrogens is 382 g/mol. The van der Waals surface area contributed by atoms with Crippen molar-refractivity contribution in [1.82, 2.24) is 14.7 Å². The van der Waals surface area contributed by atoms with Crippen LogP contribution in [0.5, 0.6) is 0 Å². The van der Waals surface area contributed by atoms with Crippen LogP contribution >= 0.6 is 0 Å². The largest absolute Gasteiger partial charge is 0.365 e. The summed E-state index contributed by atoms with van der Waals surface area (Å²) in [6, 6.07) is 2.06. The lowest BCUT2D eigenvalue weighted by Gasteiger charge is -2.48. The topological polar surface area (TPSA) is 117 Å². The number of halogens is 2. The van der Waals surface area contributed by atoms with Crippen LogP contribution in [-0.4, -0.2) is 51.5 Å². The molecule has 0 atom stereocenters. The predicted molar refractivity (Wildman–Crippen MR) is 99.1 cm³/mol. The minimum absolute atomic E-state index is 0.0576. The maximum absolute atomic E-state index is 13.2. The molecular formula is C19H24F2N6O2. The van der Waals surface area contributed by atoms with Gasteiger partial charge in [0, 0.05) is 44.1 Å². The van der Waals surface area contributed by atoms with Crippen molar-refractivity contribution < 1.29 is 18.4 Å². The summed E-state index contributed by atoms with van der Waals surface area (Å²) in [5.41, 5.74) is 4.91. The first-order chi connectivity index (χ1) is 13.7. The average Bonchev–Trinajstić information content (AvgIpc) is 3.41. The quantitative estimate of drug-likeness (QED) is 0.747. The number of primary amides is 1. The zero-order chi connectivity index (χ0) is 20.8. The van der Waals surface area contributed by atoms with E-state index in [-0.39, 0.29) is 48.5 Å². The Bertz CT molecular complexity index is 857. The van der Waals surface area contributed by atoms with Gasteiger partial charge in [-0.1, -0.05) is 0 Å². The maximum Gasteiger partial charge on any atom is 0.254 e. The van der Waals surface area contributed by atoms with Crippen molar-refractivity contribution in [2.75, 3.05) is 18.4 Å². The molecule has 2 saturated carbocycles. The van der Waals surface area contributed by atoms with Crippen molar-refractivity contribution in [3.05, 3.63) is 11.8 Å². The van der Waals surface area contributed by atoms with Crippen molar-refractivity contribution in [2.45, 2.75) is 62.4 Å². The summed E-state index contributed by atoms with van der Waals surface area (Å²) in [7, 11) is 0. The van der Waals surface area contributed by atoms with E-state index >= 15 is 0 Å². The predicted octanol–water partition coefficient (Wildman–Crippen LogP) is 1.83. The standard InChI is InChI=1S/C19H24F2N6O2/c20-19(21)9-13(10-19)26-7-4-18(3-6-22,5-8-26)27-11-14(15(23)28)16(25-27)24-17(29)12-1-2-12/h11-13H,1-5,7-10H2,(H2,23,28)(H,24,25,29). The molecule has 0 aromatic carbocycles. The van der Waals surface area contributed by atoms with E-state index in [4.69, 9.17) is 5.73 Å². The van der Waals surface area contributed by atoms with Gasteiger partial charge in [-0.25, -0.2) is 8.78 Å². The lowest BCUT2D eigenvalue weighted by molar-refractivity contribution is -0.131. The smallest absolute Gasteiger partial charge is 0.254 e. The number of rotatable bonds is 6. The fraction of sp³-hybridized carbons (Fsp3) is 0.684. The molecule has 0 unspecified atom stereocenters. The van der Waals surface area contributed by atoms with Gasteiger partial charge < -0.3 is 11.1 Å². The molecule has 8 nitrogen and oxygen atoms in total. The molecule has 10 heteroatoms. The van der Waals surface area contributed by atoms with Crippen LogP contribution in [0.15, 0.2) is 6.20 Å². The Morgan fingerprint density at radius 1 is 1.31 bits per heavy atom. The number of alkyl halides is 2. The molecule has 0 radical (unpaired) electrons. The number of piperidine rings is 1. The lowest BCUT2D eigenvalue weighted by Crippen LogP contribution is -2.56. The van der Waals surface area contributed by atoms with E-state index in [1.165, 1.54) is 6.20 Å². The summed E-state index contributed by atoms with van der Waals surface area (Å²) in [6.45, 7) is 1.13. The van der Waals surface area contributed by atoms with Gasteiger partial charge in [0.1, 0.15) is 5.56 Å². The number of nitrogens with one attached hydrogen (secondary N) is 1. The molecule has 1 aliphatic heterocycles. The number of nitriles is 1. The van der Waals surface area contributed by atoms with Gasteiger partial charge >= 0.3 is 0 Å².